The number of halogens is 2. The van der Waals surface area contributed by atoms with E-state index in [0.29, 0.717) is 19.0 Å². The summed E-state index contributed by atoms with van der Waals surface area (Å²) in [5.74, 6) is -2.94. The molecule has 2 atom stereocenters. The average Bonchev–Trinajstić information content (AvgIpc) is 3.45. The van der Waals surface area contributed by atoms with Crippen LogP contribution in [0.25, 0.3) is 11.1 Å². The summed E-state index contributed by atoms with van der Waals surface area (Å²) in [5, 5.41) is 3.24. The van der Waals surface area contributed by atoms with Gasteiger partial charge < -0.3 is 19.5 Å². The fourth-order valence-electron chi connectivity index (χ4n) is 4.51. The number of alkyl halides is 2. The summed E-state index contributed by atoms with van der Waals surface area (Å²) in [7, 11) is 0. The molecule has 0 aromatic carbocycles. The van der Waals surface area contributed by atoms with Crippen molar-refractivity contribution >= 4 is 23.0 Å². The molecule has 1 N–H and O–H groups in total. The largest absolute Gasteiger partial charge is 0.423 e. The van der Waals surface area contributed by atoms with Gasteiger partial charge in [-0.1, -0.05) is 0 Å². The van der Waals surface area contributed by atoms with Crippen molar-refractivity contribution in [3.8, 4) is 0 Å². The standard InChI is InChI=1S/C19H24F2N6O2/c20-19(21)2-4-27(12-19)17(28)14-9-13(10-23-14)25-5-7-26(8-6-25)18-24-15-11-22-3-1-16(15)29-18/h1,3,11,13-14,23H,2,4-10,12H2/t13-,14-/m0/s1. The van der Waals surface area contributed by atoms with Gasteiger partial charge in [0.2, 0.25) is 5.91 Å². The Labute approximate surface area is 166 Å². The zero-order valence-electron chi connectivity index (χ0n) is 16.1. The molecule has 0 saturated carbocycles. The first-order valence-corrected chi connectivity index (χ1v) is 10.1. The zero-order chi connectivity index (χ0) is 20.0. The number of likely N-dealkylation sites (tertiary alicyclic amines) is 1. The van der Waals surface area contributed by atoms with E-state index in [0.717, 1.165) is 37.3 Å². The predicted molar refractivity (Wildman–Crippen MR) is 102 cm³/mol. The number of rotatable bonds is 3. The van der Waals surface area contributed by atoms with Crippen LogP contribution in [0.3, 0.4) is 0 Å². The SMILES string of the molecule is O=C([C@@H]1C[C@H](N2CCN(c3nc4cnccc4o3)CC2)CN1)N1CCC(F)(F)C1. The topological polar surface area (TPSA) is 77.7 Å². The highest BCUT2D eigenvalue weighted by atomic mass is 19.3. The van der Waals surface area contributed by atoms with Gasteiger partial charge in [0.25, 0.3) is 11.9 Å². The Morgan fingerprint density at radius 3 is 2.79 bits per heavy atom. The van der Waals surface area contributed by atoms with Crippen LogP contribution in [0.15, 0.2) is 22.9 Å². The lowest BCUT2D eigenvalue weighted by molar-refractivity contribution is -0.133. The molecule has 0 radical (unpaired) electrons. The molecule has 5 rings (SSSR count). The van der Waals surface area contributed by atoms with Gasteiger partial charge in [0, 0.05) is 64.0 Å². The molecule has 0 aliphatic carbocycles. The normalized spacial score (nSPS) is 27.8. The number of carbonyl (C=O) groups is 1. The fourth-order valence-corrected chi connectivity index (χ4v) is 4.51. The molecule has 29 heavy (non-hydrogen) atoms. The van der Waals surface area contributed by atoms with Crippen LogP contribution in [0.2, 0.25) is 0 Å². The van der Waals surface area contributed by atoms with E-state index in [4.69, 9.17) is 4.42 Å². The Balaban J connectivity index is 1.15. The molecule has 0 bridgehead atoms. The van der Waals surface area contributed by atoms with Crippen LogP contribution in [0.1, 0.15) is 12.8 Å². The summed E-state index contributed by atoms with van der Waals surface area (Å²) >= 11 is 0. The molecule has 0 unspecified atom stereocenters. The predicted octanol–water partition coefficient (Wildman–Crippen LogP) is 0.943. The Morgan fingerprint density at radius 2 is 2.07 bits per heavy atom. The number of aromatic nitrogens is 2. The minimum Gasteiger partial charge on any atom is -0.423 e. The lowest BCUT2D eigenvalue weighted by Gasteiger charge is -2.37. The molecule has 156 valence electrons. The fraction of sp³-hybridized carbons (Fsp3) is 0.632. The Bertz CT molecular complexity index is 865. The van der Waals surface area contributed by atoms with E-state index in [1.807, 2.05) is 0 Å². The van der Waals surface area contributed by atoms with Crippen molar-refractivity contribution in [1.29, 1.82) is 0 Å². The van der Waals surface area contributed by atoms with Gasteiger partial charge in [0.05, 0.1) is 18.8 Å². The minimum atomic E-state index is -2.75. The molecule has 8 nitrogen and oxygen atoms in total. The summed E-state index contributed by atoms with van der Waals surface area (Å²) < 4.78 is 32.6. The van der Waals surface area contributed by atoms with Crippen LogP contribution in [-0.2, 0) is 4.79 Å². The third-order valence-corrected chi connectivity index (χ3v) is 6.17. The monoisotopic (exact) mass is 406 g/mol. The number of nitrogens with one attached hydrogen (secondary N) is 1. The second-order valence-corrected chi connectivity index (χ2v) is 8.08. The lowest BCUT2D eigenvalue weighted by Crippen LogP contribution is -2.51. The highest BCUT2D eigenvalue weighted by Crippen LogP contribution is 2.29. The number of piperazine rings is 1. The second kappa shape index (κ2) is 7.17. The summed E-state index contributed by atoms with van der Waals surface area (Å²) in [5.41, 5.74) is 1.48. The molecule has 3 fully saturated rings. The van der Waals surface area contributed by atoms with E-state index in [2.05, 4.69) is 25.1 Å². The van der Waals surface area contributed by atoms with E-state index in [1.165, 1.54) is 4.90 Å². The molecule has 2 aromatic heterocycles. The summed E-state index contributed by atoms with van der Waals surface area (Å²) in [4.78, 5) is 26.9. The van der Waals surface area contributed by atoms with E-state index < -0.39 is 12.5 Å². The van der Waals surface area contributed by atoms with Gasteiger partial charge in [-0.25, -0.2) is 8.78 Å². The summed E-state index contributed by atoms with van der Waals surface area (Å²) in [6.45, 7) is 3.65. The van der Waals surface area contributed by atoms with Gasteiger partial charge in [0.1, 0.15) is 5.52 Å². The Hall–Kier alpha value is -2.33. The van der Waals surface area contributed by atoms with Crippen molar-refractivity contribution in [2.45, 2.75) is 30.8 Å². The molecular weight excluding hydrogens is 382 g/mol. The minimum absolute atomic E-state index is 0.146. The number of anilines is 1. The number of nitrogens with zero attached hydrogens (tertiary/aromatic N) is 5. The van der Waals surface area contributed by atoms with E-state index in [-0.39, 0.29) is 31.0 Å². The average molecular weight is 406 g/mol. The molecule has 5 heterocycles. The molecular formula is C19H24F2N6O2. The van der Waals surface area contributed by atoms with Gasteiger partial charge in [-0.05, 0) is 6.42 Å². The van der Waals surface area contributed by atoms with Gasteiger partial charge in [0.15, 0.2) is 5.58 Å². The van der Waals surface area contributed by atoms with E-state index >= 15 is 0 Å². The van der Waals surface area contributed by atoms with E-state index in [9.17, 15) is 13.6 Å². The van der Waals surface area contributed by atoms with Gasteiger partial charge in [-0.3, -0.25) is 14.7 Å². The molecule has 10 heteroatoms. The number of pyridine rings is 1. The van der Waals surface area contributed by atoms with Gasteiger partial charge in [-0.2, -0.15) is 4.98 Å². The molecule has 3 saturated heterocycles. The Kier molecular flexibility index (Phi) is 4.62. The molecule has 2 aromatic rings. The second-order valence-electron chi connectivity index (χ2n) is 8.08. The first kappa shape index (κ1) is 18.7. The maximum absolute atomic E-state index is 13.4. The number of hydrogen-bond donors (Lipinski definition) is 1. The highest BCUT2D eigenvalue weighted by Gasteiger charge is 2.43. The number of fused-ring (bicyclic) bond motifs is 1. The van der Waals surface area contributed by atoms with Crippen molar-refractivity contribution < 1.29 is 18.0 Å². The van der Waals surface area contributed by atoms with Crippen molar-refractivity contribution in [2.24, 2.45) is 0 Å². The van der Waals surface area contributed by atoms with Crippen molar-refractivity contribution in [1.82, 2.24) is 25.1 Å². The van der Waals surface area contributed by atoms with Crippen molar-refractivity contribution in [3.05, 3.63) is 18.5 Å². The van der Waals surface area contributed by atoms with Gasteiger partial charge >= 0.3 is 0 Å². The van der Waals surface area contributed by atoms with Crippen molar-refractivity contribution in [2.75, 3.05) is 50.7 Å². The molecule has 3 aliphatic heterocycles. The molecule has 1 amide bonds. The summed E-state index contributed by atoms with van der Waals surface area (Å²) in [6, 6.07) is 2.29. The van der Waals surface area contributed by atoms with Crippen LogP contribution >= 0.6 is 0 Å². The first-order chi connectivity index (χ1) is 14.0. The summed E-state index contributed by atoms with van der Waals surface area (Å²) in [6.07, 6.45) is 3.80. The lowest BCUT2D eigenvalue weighted by atomic mass is 10.1. The molecule has 3 aliphatic rings. The van der Waals surface area contributed by atoms with E-state index in [1.54, 1.807) is 18.5 Å². The van der Waals surface area contributed by atoms with Crippen molar-refractivity contribution in [3.63, 3.8) is 0 Å². The number of amides is 1. The van der Waals surface area contributed by atoms with Crippen LogP contribution in [-0.4, -0.2) is 89.5 Å². The van der Waals surface area contributed by atoms with Crippen LogP contribution in [0.4, 0.5) is 14.8 Å². The first-order valence-electron chi connectivity index (χ1n) is 10.1. The maximum Gasteiger partial charge on any atom is 0.298 e. The smallest absolute Gasteiger partial charge is 0.298 e. The number of carbonyl (C=O) groups excluding carboxylic acids is 1. The number of hydrogen-bond acceptors (Lipinski definition) is 7. The Morgan fingerprint density at radius 1 is 1.24 bits per heavy atom. The van der Waals surface area contributed by atoms with Crippen LogP contribution in [0.5, 0.6) is 0 Å². The maximum atomic E-state index is 13.4. The quantitative estimate of drug-likeness (QED) is 0.813. The van der Waals surface area contributed by atoms with Crippen LogP contribution in [0, 0.1) is 0 Å². The zero-order valence-corrected chi connectivity index (χ0v) is 16.1. The highest BCUT2D eigenvalue weighted by molar-refractivity contribution is 5.82. The molecule has 0 spiro atoms. The van der Waals surface area contributed by atoms with Gasteiger partial charge in [-0.15, -0.1) is 0 Å². The third kappa shape index (κ3) is 3.66. The van der Waals surface area contributed by atoms with Crippen LogP contribution < -0.4 is 10.2 Å². The number of oxazole rings is 1. The third-order valence-electron chi connectivity index (χ3n) is 6.17.